The van der Waals surface area contributed by atoms with Gasteiger partial charge in [0.15, 0.2) is 5.82 Å². The van der Waals surface area contributed by atoms with Gasteiger partial charge in [-0.15, -0.1) is 0 Å². The smallest absolute Gasteiger partial charge is 0.173 e. The number of nitrogens with zero attached hydrogens (tertiary/aromatic N) is 3. The molecule has 0 aliphatic rings. The van der Waals surface area contributed by atoms with E-state index in [0.717, 1.165) is 0 Å². The lowest BCUT2D eigenvalue weighted by atomic mass is 10.6. The fourth-order valence-electron chi connectivity index (χ4n) is 0.429. The summed E-state index contributed by atoms with van der Waals surface area (Å²) in [7, 11) is 0. The van der Waals surface area contributed by atoms with Crippen molar-refractivity contribution in [1.29, 1.82) is 0 Å². The van der Waals surface area contributed by atoms with Gasteiger partial charge in [-0.1, -0.05) is 5.16 Å². The fourth-order valence-corrected chi connectivity index (χ4v) is 0.429. The minimum Gasteiger partial charge on any atom is -0.411 e. The van der Waals surface area contributed by atoms with Gasteiger partial charge in [0.05, 0.1) is 0 Å². The van der Waals surface area contributed by atoms with Crippen LogP contribution in [0.2, 0.25) is 0 Å². The minimum atomic E-state index is 0.403. The molecule has 1 aromatic heterocycles. The van der Waals surface area contributed by atoms with Crippen molar-refractivity contribution in [1.82, 2.24) is 9.97 Å². The summed E-state index contributed by atoms with van der Waals surface area (Å²) >= 11 is 0. The molecule has 0 amide bonds. The first kappa shape index (κ1) is 5.68. The highest BCUT2D eigenvalue weighted by molar-refractivity contribution is 5.73. The average molecular weight is 123 g/mol. The van der Waals surface area contributed by atoms with E-state index < -0.39 is 0 Å². The summed E-state index contributed by atoms with van der Waals surface area (Å²) < 4.78 is 0. The molecule has 0 aliphatic carbocycles. The van der Waals surface area contributed by atoms with Crippen molar-refractivity contribution < 1.29 is 5.21 Å². The van der Waals surface area contributed by atoms with Crippen LogP contribution in [0.15, 0.2) is 23.6 Å². The van der Waals surface area contributed by atoms with Crippen LogP contribution in [0, 0.1) is 0 Å². The molecule has 9 heavy (non-hydrogen) atoms. The molecule has 0 saturated carbocycles. The Kier molecular flexibility index (Phi) is 1.74. The van der Waals surface area contributed by atoms with E-state index in [1.807, 2.05) is 0 Å². The van der Waals surface area contributed by atoms with E-state index in [1.165, 1.54) is 6.21 Å². The zero-order valence-electron chi connectivity index (χ0n) is 4.60. The maximum atomic E-state index is 8.01. The predicted molar refractivity (Wildman–Crippen MR) is 31.4 cm³/mol. The molecule has 1 N–H and O–H groups in total. The maximum absolute atomic E-state index is 8.01. The number of hydrogen-bond acceptors (Lipinski definition) is 4. The van der Waals surface area contributed by atoms with Crippen LogP contribution in [-0.2, 0) is 0 Å². The Hall–Kier alpha value is -1.45. The Morgan fingerprint density at radius 1 is 1.44 bits per heavy atom. The third-order valence-electron chi connectivity index (χ3n) is 0.759. The van der Waals surface area contributed by atoms with E-state index in [2.05, 4.69) is 15.1 Å². The molecule has 0 aliphatic heterocycles. The van der Waals surface area contributed by atoms with Gasteiger partial charge in [-0.3, -0.25) is 0 Å². The van der Waals surface area contributed by atoms with E-state index in [4.69, 9.17) is 5.21 Å². The number of hydrogen-bond donors (Lipinski definition) is 1. The van der Waals surface area contributed by atoms with Crippen LogP contribution in [0.4, 0.5) is 0 Å². The van der Waals surface area contributed by atoms with Gasteiger partial charge in [0.2, 0.25) is 0 Å². The average Bonchev–Trinajstić information content (AvgIpc) is 1.91. The Labute approximate surface area is 51.9 Å². The highest BCUT2D eigenvalue weighted by atomic mass is 16.4. The predicted octanol–water partition coefficient (Wildman–Crippen LogP) is 0.285. The highest BCUT2D eigenvalue weighted by Gasteiger charge is 1.83. The SMILES string of the molecule is ON=Cc1ncccn1. The fraction of sp³-hybridized carbons (Fsp3) is 0. The summed E-state index contributed by atoms with van der Waals surface area (Å²) in [5.41, 5.74) is 0. The van der Waals surface area contributed by atoms with Crippen LogP contribution in [0.25, 0.3) is 0 Å². The molecule has 0 fully saturated rings. The highest BCUT2D eigenvalue weighted by Crippen LogP contribution is 1.79. The van der Waals surface area contributed by atoms with E-state index >= 15 is 0 Å². The molecule has 4 nitrogen and oxygen atoms in total. The number of aromatic nitrogens is 2. The third kappa shape index (κ3) is 1.49. The van der Waals surface area contributed by atoms with Crippen LogP contribution in [0.1, 0.15) is 5.82 Å². The first-order valence-corrected chi connectivity index (χ1v) is 2.38. The second-order valence-corrected chi connectivity index (χ2v) is 1.35. The number of oxime groups is 1. The summed E-state index contributed by atoms with van der Waals surface area (Å²) in [4.78, 5) is 7.50. The van der Waals surface area contributed by atoms with Gasteiger partial charge in [-0.25, -0.2) is 9.97 Å². The van der Waals surface area contributed by atoms with Gasteiger partial charge in [0.25, 0.3) is 0 Å². The van der Waals surface area contributed by atoms with Gasteiger partial charge < -0.3 is 5.21 Å². The van der Waals surface area contributed by atoms with Crippen molar-refractivity contribution in [2.75, 3.05) is 0 Å². The molecule has 0 unspecified atom stereocenters. The standard InChI is InChI=1S/C5H5N3O/c9-8-4-5-6-2-1-3-7-5/h1-4,9H. The zero-order valence-corrected chi connectivity index (χ0v) is 4.60. The topological polar surface area (TPSA) is 58.4 Å². The first-order chi connectivity index (χ1) is 4.43. The van der Waals surface area contributed by atoms with Crippen LogP contribution in [0.3, 0.4) is 0 Å². The van der Waals surface area contributed by atoms with Crippen LogP contribution in [-0.4, -0.2) is 21.4 Å². The second-order valence-electron chi connectivity index (χ2n) is 1.35. The Bertz CT molecular complexity index is 197. The second kappa shape index (κ2) is 2.76. The van der Waals surface area contributed by atoms with Crippen molar-refractivity contribution >= 4 is 6.21 Å². The van der Waals surface area contributed by atoms with Crippen molar-refractivity contribution in [3.63, 3.8) is 0 Å². The molecular formula is C5H5N3O. The molecule has 1 heterocycles. The summed E-state index contributed by atoms with van der Waals surface area (Å²) in [5, 5.41) is 10.8. The molecule has 0 aromatic carbocycles. The van der Waals surface area contributed by atoms with Crippen LogP contribution in [0.5, 0.6) is 0 Å². The molecule has 0 bridgehead atoms. The molecule has 4 heteroatoms. The Balaban J connectivity index is 2.85. The van der Waals surface area contributed by atoms with Gasteiger partial charge in [0, 0.05) is 12.4 Å². The van der Waals surface area contributed by atoms with E-state index in [1.54, 1.807) is 18.5 Å². The zero-order chi connectivity index (χ0) is 6.53. The summed E-state index contributed by atoms with van der Waals surface area (Å²) in [6.07, 6.45) is 4.31. The van der Waals surface area contributed by atoms with Crippen molar-refractivity contribution in [2.24, 2.45) is 5.16 Å². The van der Waals surface area contributed by atoms with Crippen molar-refractivity contribution in [3.8, 4) is 0 Å². The molecule has 46 valence electrons. The molecule has 0 spiro atoms. The molecule has 1 aromatic rings. The van der Waals surface area contributed by atoms with Crippen molar-refractivity contribution in [2.45, 2.75) is 0 Å². The Morgan fingerprint density at radius 3 is 2.67 bits per heavy atom. The molecule has 1 rings (SSSR count). The summed E-state index contributed by atoms with van der Waals surface area (Å²) in [5.74, 6) is 0.403. The maximum Gasteiger partial charge on any atom is 0.173 e. The third-order valence-corrected chi connectivity index (χ3v) is 0.759. The van der Waals surface area contributed by atoms with Crippen molar-refractivity contribution in [3.05, 3.63) is 24.3 Å². The van der Waals surface area contributed by atoms with E-state index in [0.29, 0.717) is 5.82 Å². The van der Waals surface area contributed by atoms with Crippen LogP contribution >= 0.6 is 0 Å². The van der Waals surface area contributed by atoms with Gasteiger partial charge >= 0.3 is 0 Å². The molecular weight excluding hydrogens is 118 g/mol. The molecule has 0 saturated heterocycles. The van der Waals surface area contributed by atoms with Gasteiger partial charge in [0.1, 0.15) is 6.21 Å². The minimum absolute atomic E-state index is 0.403. The quantitative estimate of drug-likeness (QED) is 0.331. The van der Waals surface area contributed by atoms with Gasteiger partial charge in [-0.2, -0.15) is 0 Å². The lowest BCUT2D eigenvalue weighted by molar-refractivity contribution is 0.321. The monoisotopic (exact) mass is 123 g/mol. The lowest BCUT2D eigenvalue weighted by Crippen LogP contribution is -1.89. The molecule has 0 radical (unpaired) electrons. The Morgan fingerprint density at radius 2 is 2.11 bits per heavy atom. The van der Waals surface area contributed by atoms with Crippen LogP contribution < -0.4 is 0 Å². The summed E-state index contributed by atoms with van der Waals surface area (Å²) in [6, 6.07) is 1.69. The lowest BCUT2D eigenvalue weighted by Gasteiger charge is -1.83. The van der Waals surface area contributed by atoms with Gasteiger partial charge in [-0.05, 0) is 6.07 Å². The molecule has 0 atom stereocenters. The number of rotatable bonds is 1. The van der Waals surface area contributed by atoms with E-state index in [9.17, 15) is 0 Å². The summed E-state index contributed by atoms with van der Waals surface area (Å²) in [6.45, 7) is 0. The van der Waals surface area contributed by atoms with E-state index in [-0.39, 0.29) is 0 Å². The first-order valence-electron chi connectivity index (χ1n) is 2.38. The normalized spacial score (nSPS) is 10.2. The largest absolute Gasteiger partial charge is 0.411 e.